The molecule has 0 amide bonds. The summed E-state index contributed by atoms with van der Waals surface area (Å²) in [4.78, 5) is 7.13. The fourth-order valence-electron chi connectivity index (χ4n) is 11.6. The van der Waals surface area contributed by atoms with Crippen LogP contribution < -0.4 is 0 Å². The van der Waals surface area contributed by atoms with Crippen LogP contribution >= 0.6 is 11.8 Å². The zero-order valence-electron chi connectivity index (χ0n) is 33.0. The Morgan fingerprint density at radius 1 is 0.661 bits per heavy atom. The monoisotopic (exact) mass is 774 g/mol. The van der Waals surface area contributed by atoms with Crippen molar-refractivity contribution in [3.63, 3.8) is 0 Å². The number of thioether (sulfide) groups is 1. The number of para-hydroxylation sites is 2. The highest BCUT2D eigenvalue weighted by molar-refractivity contribution is 8.04. The molecule has 5 atom stereocenters. The zero-order chi connectivity index (χ0) is 38.8. The molecule has 13 rings (SSSR count). The van der Waals surface area contributed by atoms with Gasteiger partial charge in [-0.3, -0.25) is 4.99 Å². The van der Waals surface area contributed by atoms with Crippen molar-refractivity contribution in [2.24, 2.45) is 16.8 Å². The maximum absolute atomic E-state index is 5.65. The van der Waals surface area contributed by atoms with Crippen LogP contribution in [-0.2, 0) is 6.42 Å². The molecule has 4 heterocycles. The van der Waals surface area contributed by atoms with Gasteiger partial charge in [-0.1, -0.05) is 159 Å². The lowest BCUT2D eigenvalue weighted by molar-refractivity contribution is 0.574. The molecule has 0 fully saturated rings. The first-order chi connectivity index (χ1) is 29.2. The molecule has 2 aliphatic carbocycles. The average Bonchev–Trinajstić information content (AvgIpc) is 3.91. The minimum atomic E-state index is 0.255. The number of hydrogen-bond donors (Lipinski definition) is 0. The third-order valence-corrected chi connectivity index (χ3v) is 15.6. The highest BCUT2D eigenvalue weighted by Gasteiger charge is 2.44. The van der Waals surface area contributed by atoms with E-state index in [1.54, 1.807) is 0 Å². The lowest BCUT2D eigenvalue weighted by Crippen LogP contribution is -2.28. The average molecular weight is 775 g/mol. The molecule has 7 aromatic carbocycles. The summed E-state index contributed by atoms with van der Waals surface area (Å²) in [5, 5.41) is 8.51. The van der Waals surface area contributed by atoms with Crippen LogP contribution in [-0.4, -0.2) is 15.4 Å². The number of aryl methyl sites for hydroxylation is 1. The standard InChI is InChI=1S/C56H42N2S/c1-2-38-49(35-15-4-3-5-16-35)56-54(44-20-10-13-23-48(44)59-56)57-53(38)36-26-24-34(25-27-36)39-30-29-37-32-45-41-18-8-11-21-46(41)58-47-22-12-9-19-43(47)52(55(45)58)50(37)51-40-17-7-6-14-33(40)28-31-42(39)51/h3-28,31-32,38-39,44,48-49H,2,29-30H2,1H3/t38?,39-,44?,48?,49?/m0/s1. The SMILES string of the molecule is CCC1C(c2ccc([C@@H]3CCc4cc5c6ccccc6n6c7ccccc7c(c4-c4c3ccc3ccccc43)c56)cc2)=NC2=C(SC3C=CC=CC23)C1c1ccccc1. The second kappa shape index (κ2) is 12.9. The summed E-state index contributed by atoms with van der Waals surface area (Å²) in [6, 6.07) is 55.4. The lowest BCUT2D eigenvalue weighted by Gasteiger charge is -2.33. The predicted octanol–water partition coefficient (Wildman–Crippen LogP) is 14.4. The third kappa shape index (κ3) is 4.80. The Labute approximate surface area is 348 Å². The van der Waals surface area contributed by atoms with Gasteiger partial charge in [0.1, 0.15) is 0 Å². The second-order valence-corrected chi connectivity index (χ2v) is 18.3. The minimum absolute atomic E-state index is 0.255. The molecule has 4 unspecified atom stereocenters. The molecule has 2 aliphatic heterocycles. The van der Waals surface area contributed by atoms with E-state index in [-0.39, 0.29) is 5.92 Å². The molecule has 0 spiro atoms. The first-order valence-electron chi connectivity index (χ1n) is 21.5. The van der Waals surface area contributed by atoms with Gasteiger partial charge >= 0.3 is 0 Å². The first-order valence-corrected chi connectivity index (χ1v) is 22.3. The summed E-state index contributed by atoms with van der Waals surface area (Å²) >= 11 is 2.05. The highest BCUT2D eigenvalue weighted by atomic mass is 32.2. The molecule has 0 saturated heterocycles. The van der Waals surface area contributed by atoms with Crippen LogP contribution in [0.4, 0.5) is 0 Å². The molecule has 2 nitrogen and oxygen atoms in total. The van der Waals surface area contributed by atoms with E-state index in [1.165, 1.54) is 104 Å². The first kappa shape index (κ1) is 33.8. The number of aromatic nitrogens is 1. The fourth-order valence-corrected chi connectivity index (χ4v) is 13.2. The Balaban J connectivity index is 0.983. The van der Waals surface area contributed by atoms with Crippen LogP contribution in [0.15, 0.2) is 185 Å². The Morgan fingerprint density at radius 2 is 1.39 bits per heavy atom. The van der Waals surface area contributed by atoms with Gasteiger partial charge in [0.25, 0.3) is 0 Å². The van der Waals surface area contributed by atoms with Gasteiger partial charge in [-0.2, -0.15) is 0 Å². The maximum Gasteiger partial charge on any atom is 0.0626 e. The largest absolute Gasteiger partial charge is 0.308 e. The van der Waals surface area contributed by atoms with Gasteiger partial charge in [-0.15, -0.1) is 11.8 Å². The summed E-state index contributed by atoms with van der Waals surface area (Å²) in [6.07, 6.45) is 12.3. The number of rotatable bonds is 4. The zero-order valence-corrected chi connectivity index (χ0v) is 33.8. The summed E-state index contributed by atoms with van der Waals surface area (Å²) in [7, 11) is 0. The molecule has 0 radical (unpaired) electrons. The van der Waals surface area contributed by atoms with E-state index in [0.29, 0.717) is 23.0 Å². The summed E-state index contributed by atoms with van der Waals surface area (Å²) < 4.78 is 2.53. The van der Waals surface area contributed by atoms with Crippen LogP contribution in [0.25, 0.3) is 60.0 Å². The molecule has 3 heteroatoms. The van der Waals surface area contributed by atoms with Crippen LogP contribution in [0.1, 0.15) is 59.4 Å². The smallest absolute Gasteiger partial charge is 0.0626 e. The number of nitrogens with zero attached hydrogens (tertiary/aromatic N) is 2. The van der Waals surface area contributed by atoms with E-state index in [4.69, 9.17) is 4.99 Å². The van der Waals surface area contributed by atoms with Gasteiger partial charge in [0.15, 0.2) is 0 Å². The molecule has 59 heavy (non-hydrogen) atoms. The molecule has 0 bridgehead atoms. The van der Waals surface area contributed by atoms with Crippen LogP contribution in [0.3, 0.4) is 0 Å². The quantitative estimate of drug-likeness (QED) is 0.174. The molecule has 9 aromatic rings. The Bertz CT molecular complexity index is 3310. The predicted molar refractivity (Wildman–Crippen MR) is 250 cm³/mol. The molecule has 0 N–H and O–H groups in total. The Hall–Kier alpha value is -6.16. The molecule has 4 aliphatic rings. The number of benzene rings is 7. The van der Waals surface area contributed by atoms with Crippen molar-refractivity contribution in [1.82, 2.24) is 4.40 Å². The molecular weight excluding hydrogens is 733 g/mol. The molecule has 0 saturated carbocycles. The van der Waals surface area contributed by atoms with Crippen molar-refractivity contribution in [3.05, 3.63) is 208 Å². The van der Waals surface area contributed by atoms with Gasteiger partial charge in [-0.05, 0) is 87.2 Å². The molecule has 282 valence electrons. The minimum Gasteiger partial charge on any atom is -0.308 e. The van der Waals surface area contributed by atoms with Crippen molar-refractivity contribution in [1.29, 1.82) is 0 Å². The number of aliphatic imine (C=N–C) groups is 1. The van der Waals surface area contributed by atoms with E-state index < -0.39 is 0 Å². The van der Waals surface area contributed by atoms with Crippen molar-refractivity contribution >= 4 is 66.3 Å². The third-order valence-electron chi connectivity index (χ3n) is 14.1. The van der Waals surface area contributed by atoms with Crippen molar-refractivity contribution in [2.45, 2.75) is 43.3 Å². The van der Waals surface area contributed by atoms with Crippen molar-refractivity contribution in [3.8, 4) is 11.1 Å². The molecular formula is C56H42N2S. The number of hydrogen-bond acceptors (Lipinski definition) is 2. The number of allylic oxidation sites excluding steroid dienone is 4. The maximum atomic E-state index is 5.65. The lowest BCUT2D eigenvalue weighted by atomic mass is 9.75. The Morgan fingerprint density at radius 3 is 2.22 bits per heavy atom. The van der Waals surface area contributed by atoms with E-state index in [2.05, 4.69) is 181 Å². The van der Waals surface area contributed by atoms with E-state index in [0.717, 1.165) is 19.3 Å². The van der Waals surface area contributed by atoms with Gasteiger partial charge in [0.2, 0.25) is 0 Å². The van der Waals surface area contributed by atoms with Crippen molar-refractivity contribution in [2.75, 3.05) is 0 Å². The normalized spacial score (nSPS) is 22.3. The fraction of sp³-hybridized carbons (Fsp3) is 0.161. The summed E-state index contributed by atoms with van der Waals surface area (Å²) in [5.74, 6) is 1.20. The van der Waals surface area contributed by atoms with Crippen LogP contribution in [0, 0.1) is 11.8 Å². The van der Waals surface area contributed by atoms with Gasteiger partial charge in [0, 0.05) is 55.4 Å². The van der Waals surface area contributed by atoms with Gasteiger partial charge < -0.3 is 4.40 Å². The van der Waals surface area contributed by atoms with E-state index in [9.17, 15) is 0 Å². The second-order valence-electron chi connectivity index (χ2n) is 17.0. The van der Waals surface area contributed by atoms with Crippen molar-refractivity contribution < 1.29 is 0 Å². The van der Waals surface area contributed by atoms with Gasteiger partial charge in [-0.25, -0.2) is 0 Å². The van der Waals surface area contributed by atoms with E-state index in [1.807, 2.05) is 11.8 Å². The summed E-state index contributed by atoms with van der Waals surface area (Å²) in [6.45, 7) is 2.35. The number of fused-ring (bicyclic) bond motifs is 14. The van der Waals surface area contributed by atoms with Crippen LogP contribution in [0.2, 0.25) is 0 Å². The van der Waals surface area contributed by atoms with Crippen LogP contribution in [0.5, 0.6) is 0 Å². The molecule has 2 aromatic heterocycles. The Kier molecular flexibility index (Phi) is 7.40. The summed E-state index contributed by atoms with van der Waals surface area (Å²) in [5.41, 5.74) is 16.2. The topological polar surface area (TPSA) is 16.8 Å². The van der Waals surface area contributed by atoms with Gasteiger partial charge in [0.05, 0.1) is 28.0 Å². The van der Waals surface area contributed by atoms with E-state index >= 15 is 0 Å². The highest BCUT2D eigenvalue weighted by Crippen LogP contribution is 2.57.